The summed E-state index contributed by atoms with van der Waals surface area (Å²) >= 11 is 1.13. The summed E-state index contributed by atoms with van der Waals surface area (Å²) < 4.78 is 43.9. The lowest BCUT2D eigenvalue weighted by molar-refractivity contribution is -0.617. The third-order valence-electron chi connectivity index (χ3n) is 4.02. The van der Waals surface area contributed by atoms with Crippen molar-refractivity contribution in [2.24, 2.45) is 0 Å². The zero-order valence-corrected chi connectivity index (χ0v) is 14.8. The van der Waals surface area contributed by atoms with E-state index >= 15 is 0 Å². The summed E-state index contributed by atoms with van der Waals surface area (Å²) in [6.07, 6.45) is -4.42. The van der Waals surface area contributed by atoms with Crippen LogP contribution < -0.4 is 4.73 Å². The molecule has 0 fully saturated rings. The van der Waals surface area contributed by atoms with Gasteiger partial charge in [-0.05, 0) is 12.1 Å². The van der Waals surface area contributed by atoms with Gasteiger partial charge in [-0.1, -0.05) is 12.1 Å². The Kier molecular flexibility index (Phi) is 4.35. The van der Waals surface area contributed by atoms with E-state index < -0.39 is 17.7 Å². The molecule has 0 saturated carbocycles. The van der Waals surface area contributed by atoms with Crippen molar-refractivity contribution in [2.75, 3.05) is 7.11 Å². The lowest BCUT2D eigenvalue weighted by Crippen LogP contribution is -2.36. The normalized spacial score (nSPS) is 11.8. The molecule has 0 N–H and O–H groups in total. The van der Waals surface area contributed by atoms with Gasteiger partial charge < -0.3 is 9.94 Å². The molecule has 3 aromatic rings. The van der Waals surface area contributed by atoms with Crippen molar-refractivity contribution in [1.29, 1.82) is 0 Å². The minimum absolute atomic E-state index is 0.110. The Labute approximate surface area is 150 Å². The van der Waals surface area contributed by atoms with Crippen molar-refractivity contribution in [2.45, 2.75) is 20.0 Å². The summed E-state index contributed by atoms with van der Waals surface area (Å²) in [6.45, 7) is 3.07. The minimum Gasteiger partial charge on any atom is -0.618 e. The fourth-order valence-electron chi connectivity index (χ4n) is 2.62. The van der Waals surface area contributed by atoms with Crippen molar-refractivity contribution >= 4 is 27.5 Å². The highest BCUT2D eigenvalue weighted by Gasteiger charge is 2.31. The molecule has 0 aliphatic carbocycles. The van der Waals surface area contributed by atoms with Gasteiger partial charge in [-0.2, -0.15) is 17.9 Å². The molecular formula is C17H13F3N2O3S. The number of fused-ring (bicyclic) bond motifs is 1. The number of benzene rings is 1. The van der Waals surface area contributed by atoms with E-state index in [4.69, 9.17) is 4.74 Å². The van der Waals surface area contributed by atoms with Crippen LogP contribution >= 0.6 is 11.3 Å². The quantitative estimate of drug-likeness (QED) is 0.381. The second-order valence-corrected chi connectivity index (χ2v) is 6.60. The molecule has 0 aliphatic rings. The Hall–Kier alpha value is -2.68. The zero-order valence-electron chi connectivity index (χ0n) is 14.0. The van der Waals surface area contributed by atoms with Gasteiger partial charge in [-0.25, -0.2) is 9.78 Å². The number of hydrogen-bond donors (Lipinski definition) is 0. The lowest BCUT2D eigenvalue weighted by Gasteiger charge is -2.08. The third-order valence-corrected chi connectivity index (χ3v) is 5.14. The number of ether oxygens (including phenoxy) is 1. The summed E-state index contributed by atoms with van der Waals surface area (Å²) in [7, 11) is 1.21. The van der Waals surface area contributed by atoms with Gasteiger partial charge in [0, 0.05) is 19.4 Å². The van der Waals surface area contributed by atoms with Crippen LogP contribution in [0.4, 0.5) is 13.2 Å². The van der Waals surface area contributed by atoms with E-state index in [1.807, 2.05) is 0 Å². The molecule has 0 bridgehead atoms. The molecule has 0 atom stereocenters. The van der Waals surface area contributed by atoms with Gasteiger partial charge in [0.25, 0.3) is 0 Å². The van der Waals surface area contributed by atoms with E-state index in [0.717, 1.165) is 23.5 Å². The van der Waals surface area contributed by atoms with E-state index in [0.29, 0.717) is 31.2 Å². The summed E-state index contributed by atoms with van der Waals surface area (Å²) in [5.41, 5.74) is 0.625. The maximum Gasteiger partial charge on any atom is 0.416 e. The van der Waals surface area contributed by atoms with Gasteiger partial charge in [0.05, 0.1) is 17.4 Å². The first-order chi connectivity index (χ1) is 12.1. The molecule has 0 aliphatic heterocycles. The number of aromatic nitrogens is 2. The molecular weight excluding hydrogens is 369 g/mol. The first-order valence-corrected chi connectivity index (χ1v) is 8.26. The minimum atomic E-state index is -4.42. The molecule has 26 heavy (non-hydrogen) atoms. The summed E-state index contributed by atoms with van der Waals surface area (Å²) in [4.78, 5) is 16.5. The van der Waals surface area contributed by atoms with Gasteiger partial charge >= 0.3 is 12.1 Å². The second kappa shape index (κ2) is 6.24. The number of rotatable bonds is 2. The van der Waals surface area contributed by atoms with E-state index in [9.17, 15) is 23.2 Å². The molecule has 0 radical (unpaired) electrons. The molecule has 0 amide bonds. The fraction of sp³-hybridized carbons (Fsp3) is 0.235. The van der Waals surface area contributed by atoms with Gasteiger partial charge in [0.2, 0.25) is 11.4 Å². The number of carbonyl (C=O) groups is 1. The Morgan fingerprint density at radius 2 is 1.81 bits per heavy atom. The van der Waals surface area contributed by atoms with Crippen LogP contribution in [0.1, 0.15) is 27.3 Å². The molecule has 5 nitrogen and oxygen atoms in total. The van der Waals surface area contributed by atoms with Crippen LogP contribution in [0.2, 0.25) is 0 Å². The van der Waals surface area contributed by atoms with Gasteiger partial charge in [0.1, 0.15) is 10.6 Å². The monoisotopic (exact) mass is 382 g/mol. The van der Waals surface area contributed by atoms with Crippen molar-refractivity contribution in [3.05, 3.63) is 52.0 Å². The van der Waals surface area contributed by atoms with Crippen LogP contribution in [0, 0.1) is 19.1 Å². The first kappa shape index (κ1) is 18.1. The fourth-order valence-corrected chi connectivity index (χ4v) is 3.82. The van der Waals surface area contributed by atoms with Crippen LogP contribution in [0.15, 0.2) is 24.3 Å². The summed E-state index contributed by atoms with van der Waals surface area (Å²) in [5, 5.41) is 12.7. The van der Waals surface area contributed by atoms with E-state index in [1.165, 1.54) is 26.2 Å². The van der Waals surface area contributed by atoms with Gasteiger partial charge in [0.15, 0.2) is 5.52 Å². The Bertz CT molecular complexity index is 1010. The predicted octanol–water partition coefficient (Wildman–Crippen LogP) is 4.02. The summed E-state index contributed by atoms with van der Waals surface area (Å²) in [6, 6.07) is 4.56. The number of hydrogen-bond acceptors (Lipinski definition) is 5. The highest BCUT2D eigenvalue weighted by atomic mass is 32.1. The number of carbonyl (C=O) groups excluding carboxylic acids is 1. The maximum absolute atomic E-state index is 12.7. The lowest BCUT2D eigenvalue weighted by atomic mass is 10.1. The largest absolute Gasteiger partial charge is 0.618 e. The Balaban J connectivity index is 2.21. The van der Waals surface area contributed by atoms with Crippen molar-refractivity contribution in [3.8, 4) is 10.6 Å². The number of esters is 1. The van der Waals surface area contributed by atoms with Gasteiger partial charge in [-0.15, -0.1) is 11.3 Å². The topological polar surface area (TPSA) is 66.1 Å². The highest BCUT2D eigenvalue weighted by Crippen LogP contribution is 2.36. The van der Waals surface area contributed by atoms with E-state index in [2.05, 4.69) is 4.98 Å². The molecule has 136 valence electrons. The molecule has 9 heteroatoms. The van der Waals surface area contributed by atoms with Crippen molar-refractivity contribution in [1.82, 2.24) is 4.98 Å². The van der Waals surface area contributed by atoms with Gasteiger partial charge in [-0.3, -0.25) is 0 Å². The van der Waals surface area contributed by atoms with Crippen LogP contribution in [0.25, 0.3) is 20.8 Å². The Morgan fingerprint density at radius 1 is 1.19 bits per heavy atom. The number of pyridine rings is 1. The molecule has 1 aromatic carbocycles. The van der Waals surface area contributed by atoms with Crippen LogP contribution in [-0.2, 0) is 10.9 Å². The average Bonchev–Trinajstić information content (AvgIpc) is 3.04. The first-order valence-electron chi connectivity index (χ1n) is 7.44. The second-order valence-electron chi connectivity index (χ2n) is 5.60. The van der Waals surface area contributed by atoms with Crippen LogP contribution in [0.5, 0.6) is 0 Å². The molecule has 0 saturated heterocycles. The molecule has 2 aromatic heterocycles. The van der Waals surface area contributed by atoms with Crippen molar-refractivity contribution < 1.29 is 27.4 Å². The number of methoxy groups -OCH3 is 1. The standard InChI is InChI=1S/C17H13F3N2O3S/c1-8-12(16(23)25-3)14-13(9(2)22(8)24)21-15(26-14)10-4-6-11(7-5-10)17(18,19)20/h4-7H,1-3H3. The van der Waals surface area contributed by atoms with E-state index in [1.54, 1.807) is 6.92 Å². The number of alkyl halides is 3. The number of halogens is 3. The Morgan fingerprint density at radius 3 is 2.35 bits per heavy atom. The van der Waals surface area contributed by atoms with Crippen molar-refractivity contribution in [3.63, 3.8) is 0 Å². The molecule has 0 unspecified atom stereocenters. The maximum atomic E-state index is 12.7. The zero-order chi connectivity index (χ0) is 19.2. The molecule has 3 rings (SSSR count). The SMILES string of the molecule is COC(=O)c1c(C)[n+]([O-])c(C)c2nc(-c3ccc(C(F)(F)F)cc3)sc12. The predicted molar refractivity (Wildman–Crippen MR) is 89.8 cm³/mol. The molecule has 0 spiro atoms. The number of thiazole rings is 1. The smallest absolute Gasteiger partial charge is 0.416 e. The highest BCUT2D eigenvalue weighted by molar-refractivity contribution is 7.22. The van der Waals surface area contributed by atoms with Crippen LogP contribution in [-0.4, -0.2) is 18.1 Å². The average molecular weight is 382 g/mol. The van der Waals surface area contributed by atoms with E-state index in [-0.39, 0.29) is 11.3 Å². The number of aryl methyl sites for hydroxylation is 1. The molecule has 2 heterocycles. The summed E-state index contributed by atoms with van der Waals surface area (Å²) in [5.74, 6) is -0.667. The third kappa shape index (κ3) is 2.88. The number of nitrogens with zero attached hydrogens (tertiary/aromatic N) is 2. The van der Waals surface area contributed by atoms with Crippen LogP contribution in [0.3, 0.4) is 0 Å².